The van der Waals surface area contributed by atoms with E-state index in [0.29, 0.717) is 19.5 Å². The van der Waals surface area contributed by atoms with Crippen LogP contribution in [0.25, 0.3) is 0 Å². The summed E-state index contributed by atoms with van der Waals surface area (Å²) in [6, 6.07) is 2.75. The Balaban J connectivity index is 1.84. The molecule has 0 fully saturated rings. The third-order valence-electron chi connectivity index (χ3n) is 2.50. The van der Waals surface area contributed by atoms with Crippen molar-refractivity contribution in [1.82, 2.24) is 14.3 Å². The number of aliphatic hydroxyl groups is 1. The van der Waals surface area contributed by atoms with E-state index in [2.05, 4.69) is 9.71 Å². The molecule has 104 valence electrons. The zero-order chi connectivity index (χ0) is 13.7. The van der Waals surface area contributed by atoms with E-state index >= 15 is 0 Å². The number of sulfonamides is 1. The first kappa shape index (κ1) is 13.8. The van der Waals surface area contributed by atoms with Gasteiger partial charge in [-0.15, -0.1) is 0 Å². The van der Waals surface area contributed by atoms with Gasteiger partial charge in [-0.05, 0) is 18.6 Å². The number of rotatable bonds is 7. The molecule has 7 nitrogen and oxygen atoms in total. The summed E-state index contributed by atoms with van der Waals surface area (Å²) in [7, 11) is -3.64. The Labute approximate surface area is 110 Å². The zero-order valence-electron chi connectivity index (χ0n) is 10.2. The van der Waals surface area contributed by atoms with Crippen LogP contribution >= 0.6 is 0 Å². The molecule has 0 amide bonds. The molecule has 0 bridgehead atoms. The maximum absolute atomic E-state index is 11.8. The van der Waals surface area contributed by atoms with Crippen molar-refractivity contribution < 1.29 is 17.9 Å². The Morgan fingerprint density at radius 2 is 2.26 bits per heavy atom. The van der Waals surface area contributed by atoms with Crippen molar-refractivity contribution in [1.29, 1.82) is 0 Å². The van der Waals surface area contributed by atoms with E-state index < -0.39 is 10.0 Å². The van der Waals surface area contributed by atoms with Gasteiger partial charge >= 0.3 is 0 Å². The third kappa shape index (κ3) is 3.66. The molecule has 19 heavy (non-hydrogen) atoms. The molecule has 0 saturated carbocycles. The molecule has 0 atom stereocenters. The van der Waals surface area contributed by atoms with Gasteiger partial charge in [-0.25, -0.2) is 18.1 Å². The lowest BCUT2D eigenvalue weighted by atomic mass is 10.4. The standard InChI is InChI=1S/C11H15N3O4S/c15-8-10-2-3-11(18-10)19(16,17)13-4-1-6-14-7-5-12-9-14/h2-3,5,7,9,13,15H,1,4,6,8H2. The summed E-state index contributed by atoms with van der Waals surface area (Å²) >= 11 is 0. The van der Waals surface area contributed by atoms with Crippen molar-refractivity contribution in [2.24, 2.45) is 0 Å². The fraction of sp³-hybridized carbons (Fsp3) is 0.364. The van der Waals surface area contributed by atoms with Gasteiger partial charge in [0.15, 0.2) is 0 Å². The van der Waals surface area contributed by atoms with Gasteiger partial charge in [0.1, 0.15) is 12.4 Å². The van der Waals surface area contributed by atoms with Gasteiger partial charge in [-0.1, -0.05) is 0 Å². The Morgan fingerprint density at radius 1 is 1.42 bits per heavy atom. The summed E-state index contributed by atoms with van der Waals surface area (Å²) in [6.45, 7) is 0.661. The quantitative estimate of drug-likeness (QED) is 0.715. The maximum atomic E-state index is 11.8. The lowest BCUT2D eigenvalue weighted by Gasteiger charge is -2.04. The summed E-state index contributed by atoms with van der Waals surface area (Å²) < 4.78 is 32.9. The second-order valence-electron chi connectivity index (χ2n) is 3.93. The van der Waals surface area contributed by atoms with E-state index in [9.17, 15) is 8.42 Å². The first-order chi connectivity index (χ1) is 9.12. The van der Waals surface area contributed by atoms with E-state index in [4.69, 9.17) is 9.52 Å². The minimum atomic E-state index is -3.64. The molecule has 0 aliphatic heterocycles. The van der Waals surface area contributed by atoms with Crippen molar-refractivity contribution >= 4 is 10.0 Å². The molecule has 2 rings (SSSR count). The second kappa shape index (κ2) is 6.00. The molecular formula is C11H15N3O4S. The minimum Gasteiger partial charge on any atom is -0.446 e. The average molecular weight is 285 g/mol. The summed E-state index contributed by atoms with van der Waals surface area (Å²) in [4.78, 5) is 3.90. The van der Waals surface area contributed by atoms with Crippen LogP contribution in [0, 0.1) is 0 Å². The van der Waals surface area contributed by atoms with Crippen molar-refractivity contribution in [3.63, 3.8) is 0 Å². The number of nitrogens with zero attached hydrogens (tertiary/aromatic N) is 2. The van der Waals surface area contributed by atoms with Gasteiger partial charge in [0.2, 0.25) is 5.09 Å². The van der Waals surface area contributed by atoms with Crippen LogP contribution in [0.5, 0.6) is 0 Å². The van der Waals surface area contributed by atoms with E-state index in [1.54, 1.807) is 12.5 Å². The van der Waals surface area contributed by atoms with Gasteiger partial charge in [0, 0.05) is 25.5 Å². The van der Waals surface area contributed by atoms with Crippen LogP contribution in [0.2, 0.25) is 0 Å². The highest BCUT2D eigenvalue weighted by Gasteiger charge is 2.17. The molecule has 0 aliphatic carbocycles. The largest absolute Gasteiger partial charge is 0.446 e. The average Bonchev–Trinajstić information content (AvgIpc) is 3.05. The topological polar surface area (TPSA) is 97.4 Å². The predicted molar refractivity (Wildman–Crippen MR) is 66.7 cm³/mol. The smallest absolute Gasteiger partial charge is 0.273 e. The molecule has 0 radical (unpaired) electrons. The molecule has 0 aromatic carbocycles. The lowest BCUT2D eigenvalue weighted by molar-refractivity contribution is 0.236. The highest BCUT2D eigenvalue weighted by atomic mass is 32.2. The molecule has 8 heteroatoms. The van der Waals surface area contributed by atoms with E-state index in [-0.39, 0.29) is 17.5 Å². The summed E-state index contributed by atoms with van der Waals surface area (Å²) in [5.41, 5.74) is 0. The number of aliphatic hydroxyl groups excluding tert-OH is 1. The Bertz CT molecular complexity index is 604. The van der Waals surface area contributed by atoms with Crippen LogP contribution in [0.1, 0.15) is 12.2 Å². The van der Waals surface area contributed by atoms with Crippen molar-refractivity contribution in [2.45, 2.75) is 24.7 Å². The van der Waals surface area contributed by atoms with Crippen molar-refractivity contribution in [2.75, 3.05) is 6.54 Å². The Morgan fingerprint density at radius 3 is 2.89 bits per heavy atom. The maximum Gasteiger partial charge on any atom is 0.273 e. The van der Waals surface area contributed by atoms with E-state index in [1.165, 1.54) is 12.1 Å². The molecule has 0 unspecified atom stereocenters. The fourth-order valence-corrected chi connectivity index (χ4v) is 2.57. The monoisotopic (exact) mass is 285 g/mol. The molecule has 2 N–H and O–H groups in total. The number of nitrogens with one attached hydrogen (secondary N) is 1. The molecule has 0 saturated heterocycles. The van der Waals surface area contributed by atoms with Gasteiger partial charge in [0.05, 0.1) is 6.33 Å². The number of furan rings is 1. The molecule has 2 aromatic heterocycles. The first-order valence-electron chi connectivity index (χ1n) is 5.77. The number of hydrogen-bond acceptors (Lipinski definition) is 5. The van der Waals surface area contributed by atoms with E-state index in [0.717, 1.165) is 0 Å². The third-order valence-corrected chi connectivity index (χ3v) is 3.84. The molecule has 0 spiro atoms. The van der Waals surface area contributed by atoms with Crippen LogP contribution in [-0.2, 0) is 23.2 Å². The Kier molecular flexibility index (Phi) is 4.35. The fourth-order valence-electron chi connectivity index (χ4n) is 1.55. The predicted octanol–water partition coefficient (Wildman–Crippen LogP) is 0.337. The molecule has 2 aromatic rings. The van der Waals surface area contributed by atoms with Crippen LogP contribution < -0.4 is 4.72 Å². The first-order valence-corrected chi connectivity index (χ1v) is 7.25. The number of imidazole rings is 1. The number of aryl methyl sites for hydroxylation is 1. The van der Waals surface area contributed by atoms with Crippen LogP contribution in [-0.4, -0.2) is 29.6 Å². The van der Waals surface area contributed by atoms with Crippen molar-refractivity contribution in [3.8, 4) is 0 Å². The molecule has 2 heterocycles. The highest BCUT2D eigenvalue weighted by molar-refractivity contribution is 7.89. The number of hydrogen-bond donors (Lipinski definition) is 2. The highest BCUT2D eigenvalue weighted by Crippen LogP contribution is 2.13. The van der Waals surface area contributed by atoms with Crippen LogP contribution in [0.3, 0.4) is 0 Å². The summed E-state index contributed by atoms with van der Waals surface area (Å²) in [6.07, 6.45) is 5.80. The summed E-state index contributed by atoms with van der Waals surface area (Å²) in [5, 5.41) is 8.64. The van der Waals surface area contributed by atoms with E-state index in [1.807, 2.05) is 10.8 Å². The van der Waals surface area contributed by atoms with Gasteiger partial charge < -0.3 is 14.1 Å². The SMILES string of the molecule is O=S(=O)(NCCCn1ccnc1)c1ccc(CO)o1. The minimum absolute atomic E-state index is 0.181. The number of aromatic nitrogens is 2. The lowest BCUT2D eigenvalue weighted by Crippen LogP contribution is -2.25. The van der Waals surface area contributed by atoms with Crippen molar-refractivity contribution in [3.05, 3.63) is 36.6 Å². The van der Waals surface area contributed by atoms with Crippen LogP contribution in [0.15, 0.2) is 40.4 Å². The summed E-state index contributed by atoms with van der Waals surface area (Å²) in [5.74, 6) is 0.221. The second-order valence-corrected chi connectivity index (χ2v) is 5.63. The molecule has 0 aliphatic rings. The van der Waals surface area contributed by atoms with Gasteiger partial charge in [0.25, 0.3) is 10.0 Å². The normalized spacial score (nSPS) is 11.8. The van der Waals surface area contributed by atoms with Crippen LogP contribution in [0.4, 0.5) is 0 Å². The Hall–Kier alpha value is -1.64. The van der Waals surface area contributed by atoms with Gasteiger partial charge in [-0.3, -0.25) is 0 Å². The molecular weight excluding hydrogens is 270 g/mol. The van der Waals surface area contributed by atoms with Gasteiger partial charge in [-0.2, -0.15) is 0 Å². The zero-order valence-corrected chi connectivity index (χ0v) is 11.0.